The summed E-state index contributed by atoms with van der Waals surface area (Å²) in [6.07, 6.45) is 0.798. The van der Waals surface area contributed by atoms with Crippen molar-refractivity contribution in [2.45, 2.75) is 23.9 Å². The summed E-state index contributed by atoms with van der Waals surface area (Å²) in [6.45, 7) is 0.293. The molecule has 1 saturated heterocycles. The Bertz CT molecular complexity index is 540. The van der Waals surface area contributed by atoms with Gasteiger partial charge in [-0.05, 0) is 22.4 Å². The molecule has 1 aromatic heterocycles. The first kappa shape index (κ1) is 13.4. The van der Waals surface area contributed by atoms with Gasteiger partial charge in [-0.3, -0.25) is 4.79 Å². The zero-order chi connectivity index (χ0) is 13.3. The second-order valence-corrected chi connectivity index (χ2v) is 6.35. The molecule has 0 saturated carbocycles. The Kier molecular flexibility index (Phi) is 3.69. The molecule has 2 N–H and O–H groups in total. The number of nitrogens with one attached hydrogen (secondary N) is 2. The molecule has 0 radical (unpaired) electrons. The van der Waals surface area contributed by atoms with Gasteiger partial charge in [0, 0.05) is 26.1 Å². The molecule has 1 unspecified atom stereocenters. The number of carbonyl (C=O) groups excluding carboxylic acids is 1. The Morgan fingerprint density at radius 3 is 2.78 bits per heavy atom. The van der Waals surface area contributed by atoms with E-state index in [1.807, 2.05) is 0 Å². The molecule has 8 nitrogen and oxygen atoms in total. The van der Waals surface area contributed by atoms with Crippen LogP contribution in [-0.2, 0) is 21.9 Å². The molecule has 100 valence electrons. The van der Waals surface area contributed by atoms with Crippen LogP contribution in [0.1, 0.15) is 12.8 Å². The van der Waals surface area contributed by atoms with Crippen molar-refractivity contribution >= 4 is 31.9 Å². The Balaban J connectivity index is 2.15. The average molecular weight is 338 g/mol. The van der Waals surface area contributed by atoms with Crippen LogP contribution in [0.5, 0.6) is 0 Å². The summed E-state index contributed by atoms with van der Waals surface area (Å²) in [5.74, 6) is -0.0613. The minimum atomic E-state index is -3.71. The largest absolute Gasteiger partial charge is 0.355 e. The van der Waals surface area contributed by atoms with Gasteiger partial charge in [-0.15, -0.1) is 5.10 Å². The number of aryl methyl sites for hydroxylation is 1. The summed E-state index contributed by atoms with van der Waals surface area (Å²) in [5, 5.41) is 9.83. The molecule has 0 aromatic carbocycles. The van der Waals surface area contributed by atoms with Crippen LogP contribution < -0.4 is 10.0 Å². The molecule has 0 bridgehead atoms. The number of sulfonamides is 1. The van der Waals surface area contributed by atoms with E-state index in [-0.39, 0.29) is 21.6 Å². The van der Waals surface area contributed by atoms with E-state index in [1.54, 1.807) is 0 Å². The molecular weight excluding hydrogens is 326 g/mol. The van der Waals surface area contributed by atoms with Crippen LogP contribution in [0.4, 0.5) is 0 Å². The first-order valence-corrected chi connectivity index (χ1v) is 7.52. The van der Waals surface area contributed by atoms with Crippen LogP contribution in [0.3, 0.4) is 0 Å². The molecule has 1 amide bonds. The van der Waals surface area contributed by atoms with Gasteiger partial charge >= 0.3 is 0 Å². The smallest absolute Gasteiger partial charge is 0.260 e. The minimum Gasteiger partial charge on any atom is -0.355 e. The van der Waals surface area contributed by atoms with Crippen molar-refractivity contribution in [2.75, 3.05) is 6.54 Å². The van der Waals surface area contributed by atoms with Crippen LogP contribution in [0.2, 0.25) is 0 Å². The van der Waals surface area contributed by atoms with E-state index in [9.17, 15) is 13.2 Å². The predicted octanol–water partition coefficient (Wildman–Crippen LogP) is -0.865. The highest BCUT2D eigenvalue weighted by Crippen LogP contribution is 2.18. The third-order valence-corrected chi connectivity index (χ3v) is 4.99. The summed E-state index contributed by atoms with van der Waals surface area (Å²) in [5.41, 5.74) is 0. The van der Waals surface area contributed by atoms with Crippen molar-refractivity contribution < 1.29 is 13.2 Å². The number of hydrogen-bond acceptors (Lipinski definition) is 5. The quantitative estimate of drug-likeness (QED) is 0.746. The van der Waals surface area contributed by atoms with Gasteiger partial charge in [0.1, 0.15) is 0 Å². The van der Waals surface area contributed by atoms with Crippen molar-refractivity contribution in [1.82, 2.24) is 25.0 Å². The number of halogens is 1. The number of rotatable bonds is 3. The Morgan fingerprint density at radius 2 is 2.28 bits per heavy atom. The highest BCUT2D eigenvalue weighted by Gasteiger charge is 2.28. The second kappa shape index (κ2) is 4.94. The molecular formula is C8H12BrN5O3S. The van der Waals surface area contributed by atoms with Crippen LogP contribution >= 0.6 is 15.9 Å². The van der Waals surface area contributed by atoms with Crippen molar-refractivity contribution in [3.8, 4) is 0 Å². The monoisotopic (exact) mass is 337 g/mol. The Morgan fingerprint density at radius 1 is 1.56 bits per heavy atom. The Labute approximate surface area is 112 Å². The number of amides is 1. The molecule has 2 heterocycles. The molecule has 2 rings (SSSR count). The maximum Gasteiger partial charge on any atom is 0.260 e. The van der Waals surface area contributed by atoms with Crippen molar-refractivity contribution in [1.29, 1.82) is 0 Å². The number of piperidine rings is 1. The number of aromatic nitrogens is 3. The van der Waals surface area contributed by atoms with Crippen LogP contribution in [0, 0.1) is 0 Å². The van der Waals surface area contributed by atoms with Gasteiger partial charge in [-0.2, -0.15) is 0 Å². The van der Waals surface area contributed by atoms with E-state index < -0.39 is 10.0 Å². The van der Waals surface area contributed by atoms with E-state index in [1.165, 1.54) is 11.7 Å². The lowest BCUT2D eigenvalue weighted by Gasteiger charge is -2.23. The average Bonchev–Trinajstić information content (AvgIpc) is 2.62. The van der Waals surface area contributed by atoms with Gasteiger partial charge in [-0.25, -0.2) is 17.8 Å². The molecule has 1 aliphatic heterocycles. The third-order valence-electron chi connectivity index (χ3n) is 2.58. The number of hydrogen-bond donors (Lipinski definition) is 2. The first-order valence-electron chi connectivity index (χ1n) is 5.24. The fraction of sp³-hybridized carbons (Fsp3) is 0.625. The maximum atomic E-state index is 12.1. The zero-order valence-corrected chi connectivity index (χ0v) is 12.0. The number of carbonyl (C=O) groups is 1. The second-order valence-electron chi connectivity index (χ2n) is 3.97. The van der Waals surface area contributed by atoms with E-state index in [2.05, 4.69) is 36.3 Å². The van der Waals surface area contributed by atoms with Crippen molar-refractivity contribution in [3.05, 3.63) is 4.60 Å². The van der Waals surface area contributed by atoms with Crippen LogP contribution in [0.25, 0.3) is 0 Å². The molecule has 1 fully saturated rings. The summed E-state index contributed by atoms with van der Waals surface area (Å²) in [7, 11) is -2.21. The van der Waals surface area contributed by atoms with Crippen molar-refractivity contribution in [2.24, 2.45) is 7.05 Å². The zero-order valence-electron chi connectivity index (χ0n) is 9.55. The fourth-order valence-corrected chi connectivity index (χ4v) is 4.08. The van der Waals surface area contributed by atoms with Crippen molar-refractivity contribution in [3.63, 3.8) is 0 Å². The summed E-state index contributed by atoms with van der Waals surface area (Å²) in [6, 6.07) is -0.311. The lowest BCUT2D eigenvalue weighted by atomic mass is 10.1. The van der Waals surface area contributed by atoms with Gasteiger partial charge in [-0.1, -0.05) is 5.21 Å². The first-order chi connectivity index (χ1) is 8.40. The fourth-order valence-electron chi connectivity index (χ4n) is 1.72. The van der Waals surface area contributed by atoms with Gasteiger partial charge in [0.05, 0.1) is 0 Å². The summed E-state index contributed by atoms with van der Waals surface area (Å²) in [4.78, 5) is 11.0. The van der Waals surface area contributed by atoms with Crippen LogP contribution in [0.15, 0.2) is 9.63 Å². The minimum absolute atomic E-state index is 0.0283. The van der Waals surface area contributed by atoms with Crippen LogP contribution in [-0.4, -0.2) is 41.9 Å². The lowest BCUT2D eigenvalue weighted by Crippen LogP contribution is -2.47. The topological polar surface area (TPSA) is 106 Å². The molecule has 1 aromatic rings. The van der Waals surface area contributed by atoms with Gasteiger partial charge in [0.2, 0.25) is 10.9 Å². The van der Waals surface area contributed by atoms with E-state index in [0.717, 1.165) is 0 Å². The number of nitrogens with zero attached hydrogens (tertiary/aromatic N) is 3. The summed E-state index contributed by atoms with van der Waals surface area (Å²) < 4.78 is 28.1. The lowest BCUT2D eigenvalue weighted by molar-refractivity contribution is -0.122. The predicted molar refractivity (Wildman–Crippen MR) is 65.1 cm³/mol. The molecule has 0 spiro atoms. The van der Waals surface area contributed by atoms with E-state index in [0.29, 0.717) is 19.4 Å². The van der Waals surface area contributed by atoms with Gasteiger partial charge in [0.15, 0.2) is 4.60 Å². The molecule has 0 aliphatic carbocycles. The Hall–Kier alpha value is -1.00. The van der Waals surface area contributed by atoms with E-state index >= 15 is 0 Å². The normalized spacial score (nSPS) is 20.8. The van der Waals surface area contributed by atoms with Gasteiger partial charge < -0.3 is 5.32 Å². The molecule has 10 heteroatoms. The maximum absolute atomic E-state index is 12.1. The highest BCUT2D eigenvalue weighted by molar-refractivity contribution is 9.10. The molecule has 1 aliphatic rings. The van der Waals surface area contributed by atoms with Gasteiger partial charge in [0.25, 0.3) is 10.0 Å². The summed E-state index contributed by atoms with van der Waals surface area (Å²) >= 11 is 3.04. The molecule has 1 atom stereocenters. The molecule has 18 heavy (non-hydrogen) atoms. The third kappa shape index (κ3) is 2.70. The standard InChI is InChI=1S/C8H12BrN5O3S/c1-14-8(7(9)11-13-14)18(16,17)12-5-2-3-6(15)10-4-5/h5,12H,2-4H2,1H3,(H,10,15). The van der Waals surface area contributed by atoms with E-state index in [4.69, 9.17) is 0 Å². The SMILES string of the molecule is Cn1nnc(Br)c1S(=O)(=O)NC1CCC(=O)NC1. The highest BCUT2D eigenvalue weighted by atomic mass is 79.9.